The molecule has 0 bridgehead atoms. The van der Waals surface area contributed by atoms with Crippen LogP contribution in [0.15, 0.2) is 42.5 Å². The summed E-state index contributed by atoms with van der Waals surface area (Å²) in [6.07, 6.45) is 0.322. The SMILES string of the molecule is CC(C)(C)OC(=O)N1CCC(COc2cccc(-c3cccc(C4OCCO4)c3)n2)C1. The van der Waals surface area contributed by atoms with E-state index in [1.165, 1.54) is 0 Å². The Morgan fingerprint density at radius 3 is 2.71 bits per heavy atom. The highest BCUT2D eigenvalue weighted by molar-refractivity contribution is 5.68. The molecule has 0 spiro atoms. The van der Waals surface area contributed by atoms with Gasteiger partial charge in [-0.25, -0.2) is 9.78 Å². The highest BCUT2D eigenvalue weighted by Gasteiger charge is 2.30. The Morgan fingerprint density at radius 2 is 1.94 bits per heavy atom. The number of amides is 1. The maximum atomic E-state index is 12.2. The normalized spacial score (nSPS) is 19.6. The van der Waals surface area contributed by atoms with E-state index >= 15 is 0 Å². The minimum atomic E-state index is -0.483. The summed E-state index contributed by atoms with van der Waals surface area (Å²) >= 11 is 0. The van der Waals surface area contributed by atoms with Gasteiger partial charge in [-0.2, -0.15) is 0 Å². The van der Waals surface area contributed by atoms with Gasteiger partial charge < -0.3 is 23.8 Å². The monoisotopic (exact) mass is 426 g/mol. The summed E-state index contributed by atoms with van der Waals surface area (Å²) in [6, 6.07) is 13.8. The van der Waals surface area contributed by atoms with Gasteiger partial charge >= 0.3 is 6.09 Å². The number of likely N-dealkylation sites (tertiary alicyclic amines) is 1. The van der Waals surface area contributed by atoms with Crippen molar-refractivity contribution in [2.24, 2.45) is 5.92 Å². The predicted molar refractivity (Wildman–Crippen MR) is 116 cm³/mol. The Labute approximate surface area is 183 Å². The molecule has 166 valence electrons. The summed E-state index contributed by atoms with van der Waals surface area (Å²) in [7, 11) is 0. The van der Waals surface area contributed by atoms with Crippen LogP contribution in [0.5, 0.6) is 5.88 Å². The van der Waals surface area contributed by atoms with Gasteiger partial charge in [-0.3, -0.25) is 0 Å². The summed E-state index contributed by atoms with van der Waals surface area (Å²) in [5, 5.41) is 0. The molecule has 2 aliphatic heterocycles. The van der Waals surface area contributed by atoms with Crippen molar-refractivity contribution < 1.29 is 23.7 Å². The van der Waals surface area contributed by atoms with Crippen LogP contribution in [-0.2, 0) is 14.2 Å². The summed E-state index contributed by atoms with van der Waals surface area (Å²) in [6.45, 7) is 8.70. The van der Waals surface area contributed by atoms with Crippen molar-refractivity contribution in [2.45, 2.75) is 39.1 Å². The fraction of sp³-hybridized carbons (Fsp3) is 0.500. The van der Waals surface area contributed by atoms with E-state index in [1.54, 1.807) is 4.90 Å². The second-order valence-electron chi connectivity index (χ2n) is 8.95. The minimum absolute atomic E-state index is 0.259. The maximum Gasteiger partial charge on any atom is 0.410 e. The van der Waals surface area contributed by atoms with Gasteiger partial charge in [-0.1, -0.05) is 24.3 Å². The average Bonchev–Trinajstić information content (AvgIpc) is 3.44. The third-order valence-electron chi connectivity index (χ3n) is 5.20. The van der Waals surface area contributed by atoms with Crippen molar-refractivity contribution in [1.82, 2.24) is 9.88 Å². The van der Waals surface area contributed by atoms with E-state index in [9.17, 15) is 4.79 Å². The molecule has 2 aliphatic rings. The van der Waals surface area contributed by atoms with E-state index in [4.69, 9.17) is 18.9 Å². The second kappa shape index (κ2) is 9.24. The van der Waals surface area contributed by atoms with Crippen molar-refractivity contribution in [3.8, 4) is 17.1 Å². The summed E-state index contributed by atoms with van der Waals surface area (Å²) in [5.41, 5.74) is 2.32. The standard InChI is InChI=1S/C24H30N2O5/c1-24(2,3)31-23(27)26-11-10-17(15-26)16-30-21-9-5-8-20(25-21)18-6-4-7-19(14-18)22-28-12-13-29-22/h4-9,14,17,22H,10-13,15-16H2,1-3H3. The third kappa shape index (κ3) is 5.74. The van der Waals surface area contributed by atoms with E-state index in [0.717, 1.165) is 23.2 Å². The zero-order chi connectivity index (χ0) is 21.8. The first-order chi connectivity index (χ1) is 14.9. The number of carbonyl (C=O) groups excluding carboxylic acids is 1. The van der Waals surface area contributed by atoms with Crippen molar-refractivity contribution in [2.75, 3.05) is 32.9 Å². The van der Waals surface area contributed by atoms with Crippen molar-refractivity contribution in [1.29, 1.82) is 0 Å². The summed E-state index contributed by atoms with van der Waals surface area (Å²) < 4.78 is 22.6. The molecule has 1 aromatic heterocycles. The second-order valence-corrected chi connectivity index (χ2v) is 8.95. The fourth-order valence-corrected chi connectivity index (χ4v) is 3.72. The van der Waals surface area contributed by atoms with E-state index in [1.807, 2.05) is 63.2 Å². The van der Waals surface area contributed by atoms with E-state index in [0.29, 0.717) is 38.8 Å². The van der Waals surface area contributed by atoms with Crippen LogP contribution in [0.25, 0.3) is 11.3 Å². The first kappa shape index (κ1) is 21.6. The van der Waals surface area contributed by atoms with Gasteiger partial charge in [-0.05, 0) is 39.3 Å². The van der Waals surface area contributed by atoms with Gasteiger partial charge in [0.15, 0.2) is 6.29 Å². The average molecular weight is 427 g/mol. The Kier molecular flexibility index (Phi) is 6.43. The van der Waals surface area contributed by atoms with Gasteiger partial charge in [-0.15, -0.1) is 0 Å². The van der Waals surface area contributed by atoms with Crippen LogP contribution in [-0.4, -0.2) is 54.5 Å². The lowest BCUT2D eigenvalue weighted by Crippen LogP contribution is -2.35. The third-order valence-corrected chi connectivity index (χ3v) is 5.20. The number of nitrogens with zero attached hydrogens (tertiary/aromatic N) is 2. The Morgan fingerprint density at radius 1 is 1.16 bits per heavy atom. The molecule has 0 N–H and O–H groups in total. The summed E-state index contributed by atoms with van der Waals surface area (Å²) in [4.78, 5) is 18.7. The zero-order valence-corrected chi connectivity index (χ0v) is 18.4. The van der Waals surface area contributed by atoms with Gasteiger partial charge in [0.05, 0.1) is 25.5 Å². The number of pyridine rings is 1. The molecule has 31 heavy (non-hydrogen) atoms. The van der Waals surface area contributed by atoms with Gasteiger partial charge in [0.25, 0.3) is 0 Å². The molecule has 0 saturated carbocycles. The molecule has 4 rings (SSSR count). The number of hydrogen-bond donors (Lipinski definition) is 0. The quantitative estimate of drug-likeness (QED) is 0.704. The number of ether oxygens (including phenoxy) is 4. The Bertz CT molecular complexity index is 905. The molecule has 1 aromatic carbocycles. The molecule has 7 nitrogen and oxygen atoms in total. The van der Waals surface area contributed by atoms with Crippen molar-refractivity contribution in [3.63, 3.8) is 0 Å². The number of rotatable bonds is 5. The molecule has 2 saturated heterocycles. The summed E-state index contributed by atoms with van der Waals surface area (Å²) in [5.74, 6) is 0.838. The molecule has 1 amide bonds. The van der Waals surface area contributed by atoms with Crippen LogP contribution in [0.3, 0.4) is 0 Å². The van der Waals surface area contributed by atoms with Crippen LogP contribution in [0.1, 0.15) is 39.0 Å². The lowest BCUT2D eigenvalue weighted by atomic mass is 10.1. The topological polar surface area (TPSA) is 70.1 Å². The first-order valence-corrected chi connectivity index (χ1v) is 10.8. The largest absolute Gasteiger partial charge is 0.477 e. The van der Waals surface area contributed by atoms with Crippen molar-refractivity contribution in [3.05, 3.63) is 48.0 Å². The Balaban J connectivity index is 1.34. The fourth-order valence-electron chi connectivity index (χ4n) is 3.72. The molecule has 7 heteroatoms. The minimum Gasteiger partial charge on any atom is -0.477 e. The molecule has 2 fully saturated rings. The molecule has 3 heterocycles. The number of carbonyl (C=O) groups is 1. The first-order valence-electron chi connectivity index (χ1n) is 10.8. The maximum absolute atomic E-state index is 12.2. The van der Waals surface area contributed by atoms with Crippen molar-refractivity contribution >= 4 is 6.09 Å². The van der Waals surface area contributed by atoms with Crippen LogP contribution in [0.2, 0.25) is 0 Å². The van der Waals surface area contributed by atoms with Gasteiger partial charge in [0, 0.05) is 36.2 Å². The molecular formula is C24H30N2O5. The molecule has 2 aromatic rings. The lowest BCUT2D eigenvalue weighted by molar-refractivity contribution is -0.0440. The molecule has 1 atom stereocenters. The van der Waals surface area contributed by atoms with Crippen LogP contribution in [0, 0.1) is 5.92 Å². The number of hydrogen-bond acceptors (Lipinski definition) is 6. The van der Waals surface area contributed by atoms with E-state index in [-0.39, 0.29) is 18.3 Å². The van der Waals surface area contributed by atoms with Crippen LogP contribution in [0.4, 0.5) is 4.79 Å². The van der Waals surface area contributed by atoms with Gasteiger partial charge in [0.2, 0.25) is 5.88 Å². The molecule has 0 radical (unpaired) electrons. The molecular weight excluding hydrogens is 396 g/mol. The highest BCUT2D eigenvalue weighted by Crippen LogP contribution is 2.28. The highest BCUT2D eigenvalue weighted by atomic mass is 16.7. The smallest absolute Gasteiger partial charge is 0.410 e. The van der Waals surface area contributed by atoms with Gasteiger partial charge in [0.1, 0.15) is 5.60 Å². The number of benzene rings is 1. The molecule has 0 aliphatic carbocycles. The molecule has 1 unspecified atom stereocenters. The van der Waals surface area contributed by atoms with Crippen LogP contribution < -0.4 is 4.74 Å². The lowest BCUT2D eigenvalue weighted by Gasteiger charge is -2.24. The Hall–Kier alpha value is -2.64. The van der Waals surface area contributed by atoms with Crippen LogP contribution >= 0.6 is 0 Å². The zero-order valence-electron chi connectivity index (χ0n) is 18.4. The van der Waals surface area contributed by atoms with E-state index in [2.05, 4.69) is 4.98 Å². The van der Waals surface area contributed by atoms with E-state index < -0.39 is 5.60 Å². The number of aromatic nitrogens is 1. The predicted octanol–water partition coefficient (Wildman–Crippen LogP) is 4.43.